The number of hydrogen-bond acceptors (Lipinski definition) is 3. The van der Waals surface area contributed by atoms with Crippen molar-refractivity contribution in [1.29, 1.82) is 0 Å². The van der Waals surface area contributed by atoms with E-state index in [2.05, 4.69) is 44.7 Å². The lowest BCUT2D eigenvalue weighted by Crippen LogP contribution is -1.81. The van der Waals surface area contributed by atoms with Crippen LogP contribution in [-0.4, -0.2) is 21.2 Å². The number of H-pyrrole nitrogens is 1. The Bertz CT molecular complexity index is 1010. The lowest BCUT2D eigenvalue weighted by molar-refractivity contribution is 1.16. The molecular weight excluding hydrogens is 320 g/mol. The second-order valence-electron chi connectivity index (χ2n) is 5.59. The molecule has 0 fully saturated rings. The molecule has 1 aromatic carbocycles. The Kier molecular flexibility index (Phi) is 5.68. The maximum absolute atomic E-state index is 4.09. The molecule has 2 aromatic heterocycles. The Morgan fingerprint density at radius 1 is 1.12 bits per heavy atom. The molecule has 2 heterocycles. The van der Waals surface area contributed by atoms with Gasteiger partial charge in [0.05, 0.1) is 0 Å². The third-order valence-corrected chi connectivity index (χ3v) is 3.90. The van der Waals surface area contributed by atoms with Crippen molar-refractivity contribution < 1.29 is 0 Å². The molecule has 0 spiro atoms. The van der Waals surface area contributed by atoms with E-state index in [1.165, 1.54) is 17.9 Å². The maximum atomic E-state index is 4.09. The molecule has 0 amide bonds. The summed E-state index contributed by atoms with van der Waals surface area (Å²) < 4.78 is 0. The normalized spacial score (nSPS) is 12.7. The summed E-state index contributed by atoms with van der Waals surface area (Å²) in [4.78, 5) is 15.6. The van der Waals surface area contributed by atoms with Gasteiger partial charge in [-0.2, -0.15) is 0 Å². The van der Waals surface area contributed by atoms with Crippen molar-refractivity contribution in [3.8, 4) is 0 Å². The fourth-order valence-electron chi connectivity index (χ4n) is 2.60. The van der Waals surface area contributed by atoms with E-state index >= 15 is 0 Å². The Hall–Kier alpha value is -3.53. The van der Waals surface area contributed by atoms with Crippen LogP contribution in [0.1, 0.15) is 23.7 Å². The summed E-state index contributed by atoms with van der Waals surface area (Å²) in [6, 6.07) is 8.26. The van der Waals surface area contributed by atoms with Crippen molar-refractivity contribution in [2.75, 3.05) is 0 Å². The van der Waals surface area contributed by atoms with Crippen LogP contribution >= 0.6 is 0 Å². The second kappa shape index (κ2) is 8.53. The largest absolute Gasteiger partial charge is 0.355 e. The fraction of sp³-hybridized carbons (Fsp3) is 0.0455. The van der Waals surface area contributed by atoms with Gasteiger partial charge in [0.25, 0.3) is 0 Å². The molecule has 4 nitrogen and oxygen atoms in total. The molecule has 0 atom stereocenters. The first kappa shape index (κ1) is 17.3. The summed E-state index contributed by atoms with van der Waals surface area (Å²) in [5, 5.41) is 1.17. The molecule has 0 saturated heterocycles. The minimum atomic E-state index is 0.952. The smallest absolute Gasteiger partial charge is 0.115 e. The van der Waals surface area contributed by atoms with Crippen molar-refractivity contribution in [2.24, 2.45) is 4.99 Å². The maximum Gasteiger partial charge on any atom is 0.115 e. The quantitative estimate of drug-likeness (QED) is 0.489. The Labute approximate surface area is 153 Å². The highest BCUT2D eigenvalue weighted by atomic mass is 14.8. The number of fused-ring (bicyclic) bond motifs is 1. The Balaban J connectivity index is 2.01. The van der Waals surface area contributed by atoms with Crippen LogP contribution in [0.4, 0.5) is 0 Å². The SMILES string of the molecule is C=CN=CC(=C\C)/C=C/c1c(/C=C/c2cncnc2)[nH]c2ccccc12. The van der Waals surface area contributed by atoms with Gasteiger partial charge < -0.3 is 4.98 Å². The first-order valence-electron chi connectivity index (χ1n) is 8.34. The number of aromatic nitrogens is 3. The van der Waals surface area contributed by atoms with Gasteiger partial charge in [-0.3, -0.25) is 4.99 Å². The number of hydrogen-bond donors (Lipinski definition) is 1. The van der Waals surface area contributed by atoms with E-state index < -0.39 is 0 Å². The molecule has 0 saturated carbocycles. The highest BCUT2D eigenvalue weighted by Crippen LogP contribution is 2.25. The lowest BCUT2D eigenvalue weighted by Gasteiger charge is -1.96. The number of aliphatic imine (C=N–C) groups is 1. The molecule has 0 unspecified atom stereocenters. The first-order chi connectivity index (χ1) is 12.8. The van der Waals surface area contributed by atoms with Gasteiger partial charge in [0.2, 0.25) is 0 Å². The highest BCUT2D eigenvalue weighted by molar-refractivity contribution is 5.95. The van der Waals surface area contributed by atoms with Crippen LogP contribution in [0.5, 0.6) is 0 Å². The molecular formula is C22H20N4. The molecule has 0 radical (unpaired) electrons. The average Bonchev–Trinajstić information content (AvgIpc) is 3.05. The Morgan fingerprint density at radius 2 is 1.92 bits per heavy atom. The first-order valence-corrected chi connectivity index (χ1v) is 8.34. The van der Waals surface area contributed by atoms with Crippen LogP contribution in [0.3, 0.4) is 0 Å². The van der Waals surface area contributed by atoms with Crippen LogP contribution in [0.2, 0.25) is 0 Å². The van der Waals surface area contributed by atoms with Crippen LogP contribution in [-0.2, 0) is 0 Å². The summed E-state index contributed by atoms with van der Waals surface area (Å²) in [5.74, 6) is 0. The van der Waals surface area contributed by atoms with Crippen molar-refractivity contribution in [2.45, 2.75) is 6.92 Å². The second-order valence-corrected chi connectivity index (χ2v) is 5.59. The zero-order valence-corrected chi connectivity index (χ0v) is 14.6. The van der Waals surface area contributed by atoms with E-state index in [-0.39, 0.29) is 0 Å². The average molecular weight is 340 g/mol. The molecule has 3 aromatic rings. The van der Waals surface area contributed by atoms with E-state index in [0.29, 0.717) is 0 Å². The molecule has 3 rings (SSSR count). The van der Waals surface area contributed by atoms with Crippen molar-refractivity contribution >= 4 is 35.3 Å². The highest BCUT2D eigenvalue weighted by Gasteiger charge is 2.06. The van der Waals surface area contributed by atoms with E-state index in [1.54, 1.807) is 18.6 Å². The van der Waals surface area contributed by atoms with Crippen LogP contribution in [0.25, 0.3) is 29.1 Å². The van der Waals surface area contributed by atoms with Gasteiger partial charge in [-0.1, -0.05) is 43.0 Å². The number of benzene rings is 1. The molecule has 0 bridgehead atoms. The number of nitrogens with zero attached hydrogens (tertiary/aromatic N) is 3. The third kappa shape index (κ3) is 4.11. The van der Waals surface area contributed by atoms with Gasteiger partial charge in [0.15, 0.2) is 0 Å². The van der Waals surface area contributed by atoms with Gasteiger partial charge in [0.1, 0.15) is 6.33 Å². The Morgan fingerprint density at radius 3 is 2.69 bits per heavy atom. The van der Waals surface area contributed by atoms with Crippen molar-refractivity contribution in [3.63, 3.8) is 0 Å². The van der Waals surface area contributed by atoms with Crippen molar-refractivity contribution in [1.82, 2.24) is 15.0 Å². The molecule has 1 N–H and O–H groups in total. The zero-order chi connectivity index (χ0) is 18.2. The minimum Gasteiger partial charge on any atom is -0.355 e. The van der Waals surface area contributed by atoms with Gasteiger partial charge in [-0.25, -0.2) is 9.97 Å². The van der Waals surface area contributed by atoms with Crippen molar-refractivity contribution in [3.05, 3.63) is 90.3 Å². The standard InChI is InChI=1S/C22H20N4/c1-3-17(13-23-4-2)9-11-20-19-7-5-6-8-21(19)26-22(20)12-10-18-14-24-16-25-15-18/h3-16,26H,2H2,1H3/b11-9+,12-10+,17-3-,23-13?. The minimum absolute atomic E-state index is 0.952. The number of allylic oxidation sites excluding steroid dienone is 3. The summed E-state index contributed by atoms with van der Waals surface area (Å²) in [6.07, 6.45) is 18.6. The van der Waals surface area contributed by atoms with Gasteiger partial charge in [-0.15, -0.1) is 0 Å². The topological polar surface area (TPSA) is 53.9 Å². The van der Waals surface area contributed by atoms with Gasteiger partial charge >= 0.3 is 0 Å². The van der Waals surface area contributed by atoms with E-state index in [9.17, 15) is 0 Å². The molecule has 4 heteroatoms. The number of aromatic amines is 1. The summed E-state index contributed by atoms with van der Waals surface area (Å²) in [5.41, 5.74) is 5.22. The summed E-state index contributed by atoms with van der Waals surface area (Å²) >= 11 is 0. The zero-order valence-electron chi connectivity index (χ0n) is 14.6. The predicted molar refractivity (Wildman–Crippen MR) is 111 cm³/mol. The molecule has 0 aliphatic heterocycles. The molecule has 26 heavy (non-hydrogen) atoms. The molecule has 0 aliphatic rings. The number of para-hydroxylation sites is 1. The summed E-state index contributed by atoms with van der Waals surface area (Å²) in [6.45, 7) is 5.60. The summed E-state index contributed by atoms with van der Waals surface area (Å²) in [7, 11) is 0. The van der Waals surface area contributed by atoms with Gasteiger partial charge in [-0.05, 0) is 30.7 Å². The van der Waals surface area contributed by atoms with Crippen LogP contribution in [0.15, 0.2) is 78.5 Å². The van der Waals surface area contributed by atoms with Gasteiger partial charge in [0, 0.05) is 52.5 Å². The number of rotatable bonds is 6. The monoisotopic (exact) mass is 340 g/mol. The van der Waals surface area contributed by atoms with Crippen LogP contribution in [0, 0.1) is 0 Å². The third-order valence-electron chi connectivity index (χ3n) is 3.90. The van der Waals surface area contributed by atoms with E-state index in [1.807, 2.05) is 43.4 Å². The fourth-order valence-corrected chi connectivity index (χ4v) is 2.60. The molecule has 128 valence electrons. The van der Waals surface area contributed by atoms with E-state index in [4.69, 9.17) is 0 Å². The molecule has 0 aliphatic carbocycles. The lowest BCUT2D eigenvalue weighted by atomic mass is 10.1. The number of nitrogens with one attached hydrogen (secondary N) is 1. The van der Waals surface area contributed by atoms with Crippen LogP contribution < -0.4 is 0 Å². The predicted octanol–water partition coefficient (Wildman–Crippen LogP) is 5.30. The van der Waals surface area contributed by atoms with E-state index in [0.717, 1.165) is 27.9 Å².